The van der Waals surface area contributed by atoms with Crippen molar-refractivity contribution in [2.24, 2.45) is 0 Å². The molecule has 0 unspecified atom stereocenters. The molecule has 0 aliphatic carbocycles. The minimum absolute atomic E-state index is 0.0853. The molecule has 3 rings (SSSR count). The van der Waals surface area contributed by atoms with Crippen LogP contribution in [0.15, 0.2) is 48.5 Å². The fraction of sp³-hybridized carbons (Fsp3) is 0.227. The molecule has 156 valence electrons. The number of carbonyl (C=O) groups is 2. The molecule has 1 aromatic heterocycles. The normalized spacial score (nSPS) is 10.4. The van der Waals surface area contributed by atoms with Crippen LogP contribution < -0.4 is 14.8 Å². The van der Waals surface area contributed by atoms with Crippen LogP contribution in [-0.4, -0.2) is 37.7 Å². The summed E-state index contributed by atoms with van der Waals surface area (Å²) in [7, 11) is 3.04. The van der Waals surface area contributed by atoms with Crippen LogP contribution in [0, 0.1) is 0 Å². The molecule has 0 fully saturated rings. The van der Waals surface area contributed by atoms with E-state index in [9.17, 15) is 9.59 Å². The lowest BCUT2D eigenvalue weighted by Crippen LogP contribution is -2.12. The minimum atomic E-state index is -0.341. The number of benzene rings is 2. The third-order valence-electron chi connectivity index (χ3n) is 4.22. The lowest BCUT2D eigenvalue weighted by molar-refractivity contribution is -0.142. The zero-order valence-electron chi connectivity index (χ0n) is 16.9. The Bertz CT molecular complexity index is 1030. The van der Waals surface area contributed by atoms with Crippen LogP contribution in [0.3, 0.4) is 0 Å². The molecule has 0 saturated carbocycles. The molecular formula is C22H22N2O5S. The van der Waals surface area contributed by atoms with Crippen molar-refractivity contribution >= 4 is 28.3 Å². The molecule has 0 atom stereocenters. The molecule has 1 amide bonds. The molecule has 2 aromatic carbocycles. The number of esters is 1. The van der Waals surface area contributed by atoms with Crippen LogP contribution in [0.1, 0.15) is 22.2 Å². The SMILES string of the molecule is CCOC(=O)Cc1sc(NC(=O)c2ccc(OC)c(OC)c2)nc1-c1ccccc1. The van der Waals surface area contributed by atoms with Crippen LogP contribution in [0.2, 0.25) is 0 Å². The average Bonchev–Trinajstić information content (AvgIpc) is 3.15. The minimum Gasteiger partial charge on any atom is -0.493 e. The van der Waals surface area contributed by atoms with Crippen LogP contribution in [0.25, 0.3) is 11.3 Å². The number of nitrogens with one attached hydrogen (secondary N) is 1. The molecule has 7 nitrogen and oxygen atoms in total. The van der Waals surface area contributed by atoms with Gasteiger partial charge in [0.15, 0.2) is 16.6 Å². The maximum atomic E-state index is 12.7. The summed E-state index contributed by atoms with van der Waals surface area (Å²) in [5.74, 6) is 0.312. The van der Waals surface area contributed by atoms with E-state index in [1.807, 2.05) is 30.3 Å². The lowest BCUT2D eigenvalue weighted by atomic mass is 10.1. The summed E-state index contributed by atoms with van der Waals surface area (Å²) in [5, 5.41) is 3.20. The predicted octanol–water partition coefficient (Wildman–Crippen LogP) is 4.19. The maximum absolute atomic E-state index is 12.7. The van der Waals surface area contributed by atoms with Crippen molar-refractivity contribution in [3.8, 4) is 22.8 Å². The number of carbonyl (C=O) groups excluding carboxylic acids is 2. The van der Waals surface area contributed by atoms with E-state index in [4.69, 9.17) is 14.2 Å². The van der Waals surface area contributed by atoms with E-state index in [2.05, 4.69) is 10.3 Å². The van der Waals surface area contributed by atoms with Gasteiger partial charge in [0.25, 0.3) is 5.91 Å². The van der Waals surface area contributed by atoms with Gasteiger partial charge in [0.1, 0.15) is 0 Å². The highest BCUT2D eigenvalue weighted by Crippen LogP contribution is 2.33. The quantitative estimate of drug-likeness (QED) is 0.544. The molecule has 8 heteroatoms. The molecule has 0 aliphatic rings. The van der Waals surface area contributed by atoms with E-state index in [-0.39, 0.29) is 18.3 Å². The first-order valence-electron chi connectivity index (χ1n) is 9.29. The van der Waals surface area contributed by atoms with Crippen LogP contribution >= 0.6 is 11.3 Å². The number of hydrogen-bond donors (Lipinski definition) is 1. The second-order valence-corrected chi connectivity index (χ2v) is 7.25. The van der Waals surface area contributed by atoms with E-state index in [0.717, 1.165) is 10.4 Å². The van der Waals surface area contributed by atoms with Crippen molar-refractivity contribution in [2.75, 3.05) is 26.1 Å². The van der Waals surface area contributed by atoms with Gasteiger partial charge in [0.2, 0.25) is 0 Å². The molecule has 0 bridgehead atoms. The zero-order valence-corrected chi connectivity index (χ0v) is 17.7. The number of thiazole rings is 1. The van der Waals surface area contributed by atoms with Gasteiger partial charge in [-0.15, -0.1) is 11.3 Å². The second-order valence-electron chi connectivity index (χ2n) is 6.16. The third-order valence-corrected chi connectivity index (χ3v) is 5.19. The smallest absolute Gasteiger partial charge is 0.311 e. The number of methoxy groups -OCH3 is 2. The first kappa shape index (κ1) is 21.3. The van der Waals surface area contributed by atoms with Gasteiger partial charge in [-0.2, -0.15) is 0 Å². The lowest BCUT2D eigenvalue weighted by Gasteiger charge is -2.09. The standard InChI is InChI=1S/C22H22N2O5S/c1-4-29-19(25)13-18-20(14-8-6-5-7-9-14)23-22(30-18)24-21(26)15-10-11-16(27-2)17(12-15)28-3/h5-12H,4,13H2,1-3H3,(H,23,24,26). The highest BCUT2D eigenvalue weighted by atomic mass is 32.1. The Labute approximate surface area is 178 Å². The Kier molecular flexibility index (Phi) is 7.03. The Morgan fingerprint density at radius 1 is 1.03 bits per heavy atom. The Hall–Kier alpha value is -3.39. The van der Waals surface area contributed by atoms with Gasteiger partial charge in [0.05, 0.1) is 32.9 Å². The molecule has 0 radical (unpaired) electrons. The average molecular weight is 426 g/mol. The number of rotatable bonds is 8. The third kappa shape index (κ3) is 4.96. The number of amides is 1. The van der Waals surface area contributed by atoms with E-state index in [1.54, 1.807) is 25.1 Å². The summed E-state index contributed by atoms with van der Waals surface area (Å²) < 4.78 is 15.5. The molecule has 0 spiro atoms. The van der Waals surface area contributed by atoms with Crippen molar-refractivity contribution in [3.05, 3.63) is 59.0 Å². The van der Waals surface area contributed by atoms with Gasteiger partial charge in [-0.05, 0) is 25.1 Å². The number of aromatic nitrogens is 1. The zero-order chi connectivity index (χ0) is 21.5. The van der Waals surface area contributed by atoms with Gasteiger partial charge in [-0.3, -0.25) is 14.9 Å². The van der Waals surface area contributed by atoms with E-state index >= 15 is 0 Å². The molecule has 30 heavy (non-hydrogen) atoms. The number of nitrogens with zero attached hydrogens (tertiary/aromatic N) is 1. The monoisotopic (exact) mass is 426 g/mol. The summed E-state index contributed by atoms with van der Waals surface area (Å²) in [4.78, 5) is 30.0. The molecule has 1 N–H and O–H groups in total. The Morgan fingerprint density at radius 3 is 2.43 bits per heavy atom. The highest BCUT2D eigenvalue weighted by Gasteiger charge is 2.19. The fourth-order valence-electron chi connectivity index (χ4n) is 2.84. The number of hydrogen-bond acceptors (Lipinski definition) is 7. The topological polar surface area (TPSA) is 86.8 Å². The molecule has 1 heterocycles. The van der Waals surface area contributed by atoms with Crippen LogP contribution in [0.5, 0.6) is 11.5 Å². The van der Waals surface area contributed by atoms with E-state index in [0.29, 0.717) is 34.5 Å². The van der Waals surface area contributed by atoms with Gasteiger partial charge in [-0.25, -0.2) is 4.98 Å². The van der Waals surface area contributed by atoms with E-state index < -0.39 is 0 Å². The summed E-state index contributed by atoms with van der Waals surface area (Å²) in [5.41, 5.74) is 1.91. The summed E-state index contributed by atoms with van der Waals surface area (Å²) in [6, 6.07) is 14.4. The van der Waals surface area contributed by atoms with Crippen LogP contribution in [0.4, 0.5) is 5.13 Å². The van der Waals surface area contributed by atoms with Crippen molar-refractivity contribution in [1.29, 1.82) is 0 Å². The summed E-state index contributed by atoms with van der Waals surface area (Å²) in [6.45, 7) is 2.07. The highest BCUT2D eigenvalue weighted by molar-refractivity contribution is 7.16. The number of anilines is 1. The van der Waals surface area contributed by atoms with Crippen molar-refractivity contribution in [1.82, 2.24) is 4.98 Å². The molecule has 3 aromatic rings. The molecular weight excluding hydrogens is 404 g/mol. The van der Waals surface area contributed by atoms with Gasteiger partial charge >= 0.3 is 5.97 Å². The first-order valence-corrected chi connectivity index (χ1v) is 10.1. The van der Waals surface area contributed by atoms with Crippen LogP contribution in [-0.2, 0) is 16.0 Å². The predicted molar refractivity (Wildman–Crippen MR) is 115 cm³/mol. The van der Waals surface area contributed by atoms with Gasteiger partial charge in [-0.1, -0.05) is 30.3 Å². The van der Waals surface area contributed by atoms with Gasteiger partial charge in [0, 0.05) is 16.0 Å². The van der Waals surface area contributed by atoms with Crippen molar-refractivity contribution < 1.29 is 23.8 Å². The van der Waals surface area contributed by atoms with Crippen molar-refractivity contribution in [3.63, 3.8) is 0 Å². The summed E-state index contributed by atoms with van der Waals surface area (Å²) >= 11 is 1.25. The first-order chi connectivity index (χ1) is 14.5. The van der Waals surface area contributed by atoms with Crippen molar-refractivity contribution in [2.45, 2.75) is 13.3 Å². The fourth-order valence-corrected chi connectivity index (χ4v) is 3.80. The Morgan fingerprint density at radius 2 is 1.77 bits per heavy atom. The molecule has 0 aliphatic heterocycles. The number of ether oxygens (including phenoxy) is 3. The van der Waals surface area contributed by atoms with E-state index in [1.165, 1.54) is 25.6 Å². The largest absolute Gasteiger partial charge is 0.493 e. The summed E-state index contributed by atoms with van der Waals surface area (Å²) in [6.07, 6.45) is 0.0853. The van der Waals surface area contributed by atoms with Gasteiger partial charge < -0.3 is 14.2 Å². The second kappa shape index (κ2) is 9.89. The molecule has 0 saturated heterocycles. The maximum Gasteiger partial charge on any atom is 0.311 e. The Balaban J connectivity index is 1.88.